The average molecular weight is 258 g/mol. The fourth-order valence-corrected chi connectivity index (χ4v) is 3.05. The van der Waals surface area contributed by atoms with Gasteiger partial charge in [0.25, 0.3) is 0 Å². The number of phenols is 1. The summed E-state index contributed by atoms with van der Waals surface area (Å²) in [6, 6.07) is 6.13. The van der Waals surface area contributed by atoms with Crippen LogP contribution < -0.4 is 0 Å². The molecule has 0 atom stereocenters. The Balaban J connectivity index is 2.03. The topological polar surface area (TPSA) is 28.4 Å². The van der Waals surface area contributed by atoms with Gasteiger partial charge in [-0.3, -0.25) is 4.90 Å². The third-order valence-electron chi connectivity index (χ3n) is 4.05. The van der Waals surface area contributed by atoms with Crippen molar-refractivity contribution in [1.82, 2.24) is 9.47 Å². The Morgan fingerprint density at radius 3 is 2.63 bits per heavy atom. The number of aromatic nitrogens is 1. The molecule has 3 heteroatoms. The Labute approximate surface area is 114 Å². The van der Waals surface area contributed by atoms with E-state index in [9.17, 15) is 5.11 Å². The highest BCUT2D eigenvalue weighted by atomic mass is 16.3. The number of nitrogens with zero attached hydrogens (tertiary/aromatic N) is 2. The molecule has 1 saturated heterocycles. The predicted molar refractivity (Wildman–Crippen MR) is 78.5 cm³/mol. The van der Waals surface area contributed by atoms with Crippen LogP contribution in [0.3, 0.4) is 0 Å². The maximum Gasteiger partial charge on any atom is 0.117 e. The first kappa shape index (κ1) is 12.5. The van der Waals surface area contributed by atoms with Gasteiger partial charge in [0.2, 0.25) is 0 Å². The van der Waals surface area contributed by atoms with Gasteiger partial charge in [0.05, 0.1) is 5.52 Å². The molecule has 19 heavy (non-hydrogen) atoms. The zero-order chi connectivity index (χ0) is 13.4. The fraction of sp³-hybridized carbons (Fsp3) is 0.500. The number of fused-ring (bicyclic) bond motifs is 1. The lowest BCUT2D eigenvalue weighted by molar-refractivity contribution is 0.332. The van der Waals surface area contributed by atoms with Gasteiger partial charge in [0.1, 0.15) is 5.75 Å². The van der Waals surface area contributed by atoms with Crippen molar-refractivity contribution in [2.45, 2.75) is 39.3 Å². The highest BCUT2D eigenvalue weighted by molar-refractivity contribution is 5.85. The van der Waals surface area contributed by atoms with Crippen molar-refractivity contribution >= 4 is 10.9 Å². The van der Waals surface area contributed by atoms with E-state index < -0.39 is 0 Å². The molecule has 2 heterocycles. The van der Waals surface area contributed by atoms with E-state index in [0.717, 1.165) is 12.1 Å². The molecule has 1 aromatic carbocycles. The number of aromatic hydroxyl groups is 1. The fourth-order valence-electron chi connectivity index (χ4n) is 3.05. The smallest absolute Gasteiger partial charge is 0.117 e. The van der Waals surface area contributed by atoms with Gasteiger partial charge >= 0.3 is 0 Å². The predicted octanol–water partition coefficient (Wildman–Crippen LogP) is 3.52. The molecule has 0 amide bonds. The first-order chi connectivity index (χ1) is 9.15. The van der Waals surface area contributed by atoms with Gasteiger partial charge in [0, 0.05) is 30.2 Å². The Morgan fingerprint density at radius 1 is 1.21 bits per heavy atom. The third kappa shape index (κ3) is 2.35. The molecular formula is C16H22N2O. The van der Waals surface area contributed by atoms with Crippen molar-refractivity contribution in [1.29, 1.82) is 0 Å². The zero-order valence-corrected chi connectivity index (χ0v) is 11.8. The molecule has 102 valence electrons. The molecule has 3 rings (SSSR count). The summed E-state index contributed by atoms with van der Waals surface area (Å²) in [6.07, 6.45) is 4.90. The first-order valence-electron chi connectivity index (χ1n) is 7.20. The Morgan fingerprint density at radius 2 is 1.95 bits per heavy atom. The molecule has 1 aliphatic heterocycles. The lowest BCUT2D eigenvalue weighted by atomic mass is 10.1. The van der Waals surface area contributed by atoms with Crippen LogP contribution in [0.4, 0.5) is 0 Å². The van der Waals surface area contributed by atoms with Gasteiger partial charge in [-0.05, 0) is 57.5 Å². The molecule has 0 unspecified atom stereocenters. The van der Waals surface area contributed by atoms with Crippen LogP contribution in [0.25, 0.3) is 10.9 Å². The minimum absolute atomic E-state index is 0.347. The molecule has 1 aromatic heterocycles. The zero-order valence-electron chi connectivity index (χ0n) is 11.8. The second-order valence-corrected chi connectivity index (χ2v) is 5.84. The van der Waals surface area contributed by atoms with E-state index in [0.29, 0.717) is 11.8 Å². The molecule has 0 spiro atoms. The van der Waals surface area contributed by atoms with E-state index in [4.69, 9.17) is 0 Å². The summed E-state index contributed by atoms with van der Waals surface area (Å²) in [4.78, 5) is 2.52. The van der Waals surface area contributed by atoms with E-state index in [1.54, 1.807) is 6.07 Å². The minimum atomic E-state index is 0.347. The maximum absolute atomic E-state index is 9.71. The van der Waals surface area contributed by atoms with Gasteiger partial charge in [-0.15, -0.1) is 0 Å². The lowest BCUT2D eigenvalue weighted by Crippen LogP contribution is -2.18. The van der Waals surface area contributed by atoms with E-state index in [2.05, 4.69) is 35.6 Å². The second-order valence-electron chi connectivity index (χ2n) is 5.84. The van der Waals surface area contributed by atoms with Crippen molar-refractivity contribution in [2.75, 3.05) is 13.1 Å². The number of likely N-dealkylation sites (tertiary alicyclic amines) is 1. The summed E-state index contributed by atoms with van der Waals surface area (Å²) in [5, 5.41) is 11.0. The second kappa shape index (κ2) is 4.89. The Bertz CT molecular complexity index is 580. The van der Waals surface area contributed by atoms with Crippen LogP contribution in [-0.4, -0.2) is 27.7 Å². The van der Waals surface area contributed by atoms with Crippen LogP contribution in [0, 0.1) is 0 Å². The van der Waals surface area contributed by atoms with Gasteiger partial charge in [-0.25, -0.2) is 0 Å². The summed E-state index contributed by atoms with van der Waals surface area (Å²) in [6.45, 7) is 7.83. The van der Waals surface area contributed by atoms with Crippen molar-refractivity contribution < 1.29 is 5.11 Å². The van der Waals surface area contributed by atoms with Crippen LogP contribution in [0.5, 0.6) is 5.75 Å². The number of phenolic OH excluding ortho intramolecular Hbond substituents is 1. The van der Waals surface area contributed by atoms with Gasteiger partial charge < -0.3 is 9.67 Å². The molecule has 1 fully saturated rings. The van der Waals surface area contributed by atoms with Crippen LogP contribution in [0.1, 0.15) is 38.3 Å². The SMILES string of the molecule is CC(C)n1cc(CN2CCCC2)c2ccc(O)cc21. The summed E-state index contributed by atoms with van der Waals surface area (Å²) in [5.74, 6) is 0.347. The standard InChI is InChI=1S/C16H22N2O/c1-12(2)18-11-13(10-17-7-3-4-8-17)15-6-5-14(19)9-16(15)18/h5-6,9,11-12,19H,3-4,7-8,10H2,1-2H3. The largest absolute Gasteiger partial charge is 0.508 e. The van der Waals surface area contributed by atoms with Crippen molar-refractivity contribution in [3.63, 3.8) is 0 Å². The van der Waals surface area contributed by atoms with E-state index >= 15 is 0 Å². The number of hydrogen-bond acceptors (Lipinski definition) is 2. The number of rotatable bonds is 3. The quantitative estimate of drug-likeness (QED) is 0.912. The van der Waals surface area contributed by atoms with Gasteiger partial charge in [-0.2, -0.15) is 0 Å². The Kier molecular flexibility index (Phi) is 3.23. The maximum atomic E-state index is 9.71. The Hall–Kier alpha value is -1.48. The molecule has 0 aliphatic carbocycles. The van der Waals surface area contributed by atoms with E-state index in [-0.39, 0.29) is 0 Å². The third-order valence-corrected chi connectivity index (χ3v) is 4.05. The lowest BCUT2D eigenvalue weighted by Gasteiger charge is -2.13. The molecule has 3 nitrogen and oxygen atoms in total. The normalized spacial score (nSPS) is 16.8. The number of hydrogen-bond donors (Lipinski definition) is 1. The summed E-state index contributed by atoms with van der Waals surface area (Å²) in [5.41, 5.74) is 2.52. The molecule has 1 N–H and O–H groups in total. The molecule has 2 aromatic rings. The molecular weight excluding hydrogens is 236 g/mol. The van der Waals surface area contributed by atoms with Gasteiger partial charge in [0.15, 0.2) is 0 Å². The van der Waals surface area contributed by atoms with E-state index in [1.807, 2.05) is 6.07 Å². The van der Waals surface area contributed by atoms with Crippen molar-refractivity contribution in [2.24, 2.45) is 0 Å². The molecule has 1 aliphatic rings. The first-order valence-corrected chi connectivity index (χ1v) is 7.20. The molecule has 0 bridgehead atoms. The highest BCUT2D eigenvalue weighted by Crippen LogP contribution is 2.29. The minimum Gasteiger partial charge on any atom is -0.508 e. The van der Waals surface area contributed by atoms with Crippen molar-refractivity contribution in [3.8, 4) is 5.75 Å². The molecule has 0 saturated carbocycles. The number of benzene rings is 1. The van der Waals surface area contributed by atoms with Crippen LogP contribution >= 0.6 is 0 Å². The summed E-state index contributed by atoms with van der Waals surface area (Å²) >= 11 is 0. The summed E-state index contributed by atoms with van der Waals surface area (Å²) in [7, 11) is 0. The monoisotopic (exact) mass is 258 g/mol. The van der Waals surface area contributed by atoms with Gasteiger partial charge in [-0.1, -0.05) is 0 Å². The van der Waals surface area contributed by atoms with Crippen LogP contribution in [-0.2, 0) is 6.54 Å². The van der Waals surface area contributed by atoms with Crippen LogP contribution in [0.15, 0.2) is 24.4 Å². The molecule has 0 radical (unpaired) electrons. The van der Waals surface area contributed by atoms with Crippen LogP contribution in [0.2, 0.25) is 0 Å². The average Bonchev–Trinajstić information content (AvgIpc) is 2.97. The highest BCUT2D eigenvalue weighted by Gasteiger charge is 2.16. The van der Waals surface area contributed by atoms with Crippen molar-refractivity contribution in [3.05, 3.63) is 30.0 Å². The van der Waals surface area contributed by atoms with E-state index in [1.165, 1.54) is 36.9 Å². The summed E-state index contributed by atoms with van der Waals surface area (Å²) < 4.78 is 2.26.